The zero-order chi connectivity index (χ0) is 13.9. The maximum absolute atomic E-state index is 12.3. The normalized spacial score (nSPS) is 11.2. The number of aromatic amines is 1. The first kappa shape index (κ1) is 12.5. The topological polar surface area (TPSA) is 50.1 Å². The number of nitrogens with zero attached hydrogens (tertiary/aromatic N) is 2. The first-order chi connectivity index (χ1) is 9.75. The van der Waals surface area contributed by atoms with Gasteiger partial charge in [-0.05, 0) is 29.9 Å². The second kappa shape index (κ2) is 5.22. The Kier molecular flexibility index (Phi) is 3.26. The maximum atomic E-state index is 12.3. The number of benzene rings is 2. The zero-order valence-electron chi connectivity index (χ0n) is 10.5. The van der Waals surface area contributed by atoms with Gasteiger partial charge in [-0.2, -0.15) is 9.78 Å². The van der Waals surface area contributed by atoms with Gasteiger partial charge in [-0.15, -0.1) is 0 Å². The fraction of sp³-hybridized carbons (Fsp3) is 0. The molecule has 0 aliphatic rings. The third kappa shape index (κ3) is 2.31. The summed E-state index contributed by atoms with van der Waals surface area (Å²) < 4.78 is 1.48. The summed E-state index contributed by atoms with van der Waals surface area (Å²) >= 11 is 5.18. The number of aromatic nitrogens is 2. The van der Waals surface area contributed by atoms with E-state index in [1.807, 2.05) is 48.5 Å². The van der Waals surface area contributed by atoms with Crippen LogP contribution >= 0.6 is 12.2 Å². The highest BCUT2D eigenvalue weighted by Crippen LogP contribution is 2.05. The molecule has 0 spiro atoms. The van der Waals surface area contributed by atoms with Crippen molar-refractivity contribution in [3.05, 3.63) is 75.3 Å². The lowest BCUT2D eigenvalue weighted by Gasteiger charge is -2.02. The average Bonchev–Trinajstić information content (AvgIpc) is 2.48. The summed E-state index contributed by atoms with van der Waals surface area (Å²) in [7, 11) is 0. The minimum Gasteiger partial charge on any atom is -0.330 e. The summed E-state index contributed by atoms with van der Waals surface area (Å²) in [5, 5.41) is 4.73. The molecule has 0 saturated heterocycles. The van der Waals surface area contributed by atoms with Gasteiger partial charge in [0.15, 0.2) is 0 Å². The molecule has 0 fully saturated rings. The molecule has 2 aromatic carbocycles. The van der Waals surface area contributed by atoms with E-state index in [4.69, 9.17) is 12.2 Å². The van der Waals surface area contributed by atoms with Gasteiger partial charge in [-0.1, -0.05) is 42.5 Å². The van der Waals surface area contributed by atoms with Gasteiger partial charge in [0.25, 0.3) is 5.56 Å². The van der Waals surface area contributed by atoms with Crippen molar-refractivity contribution in [3.63, 3.8) is 0 Å². The fourth-order valence-corrected chi connectivity index (χ4v) is 2.16. The van der Waals surface area contributed by atoms with Gasteiger partial charge in [0, 0.05) is 0 Å². The maximum Gasteiger partial charge on any atom is 0.282 e. The van der Waals surface area contributed by atoms with E-state index < -0.39 is 0 Å². The van der Waals surface area contributed by atoms with E-state index in [9.17, 15) is 4.79 Å². The highest BCUT2D eigenvalue weighted by Gasteiger charge is 2.03. The predicted molar refractivity (Wildman–Crippen MR) is 82.8 cm³/mol. The van der Waals surface area contributed by atoms with Crippen LogP contribution in [0.3, 0.4) is 0 Å². The molecule has 4 nitrogen and oxygen atoms in total. The van der Waals surface area contributed by atoms with Crippen LogP contribution in [0.5, 0.6) is 0 Å². The molecule has 0 unspecified atom stereocenters. The van der Waals surface area contributed by atoms with Gasteiger partial charge >= 0.3 is 0 Å². The van der Waals surface area contributed by atoms with Crippen molar-refractivity contribution in [1.82, 2.24) is 9.66 Å². The molecule has 1 aromatic heterocycles. The van der Waals surface area contributed by atoms with Crippen molar-refractivity contribution in [1.29, 1.82) is 0 Å². The van der Waals surface area contributed by atoms with Gasteiger partial charge in [0.1, 0.15) is 0 Å². The van der Waals surface area contributed by atoms with Crippen LogP contribution in [0.25, 0.3) is 10.9 Å². The molecule has 0 aliphatic carbocycles. The van der Waals surface area contributed by atoms with Crippen LogP contribution < -0.4 is 5.56 Å². The highest BCUT2D eigenvalue weighted by molar-refractivity contribution is 7.71. The highest BCUT2D eigenvalue weighted by atomic mass is 32.1. The molecule has 5 heteroatoms. The Labute approximate surface area is 120 Å². The SMILES string of the molecule is O=c1c2ccccc2[nH]c(=S)n1/N=C\c1ccccc1. The molecule has 0 aliphatic heterocycles. The number of hydrogen-bond acceptors (Lipinski definition) is 3. The van der Waals surface area contributed by atoms with Crippen LogP contribution in [-0.2, 0) is 0 Å². The van der Waals surface area contributed by atoms with Crippen molar-refractivity contribution in [2.75, 3.05) is 0 Å². The zero-order valence-corrected chi connectivity index (χ0v) is 11.3. The van der Waals surface area contributed by atoms with E-state index in [0.717, 1.165) is 5.56 Å². The Balaban J connectivity index is 2.15. The lowest BCUT2D eigenvalue weighted by atomic mass is 10.2. The molecule has 20 heavy (non-hydrogen) atoms. The largest absolute Gasteiger partial charge is 0.330 e. The lowest BCUT2D eigenvalue weighted by molar-refractivity contribution is 0.800. The van der Waals surface area contributed by atoms with Crippen LogP contribution in [0.1, 0.15) is 5.56 Å². The summed E-state index contributed by atoms with van der Waals surface area (Å²) in [5.41, 5.74) is 1.40. The van der Waals surface area contributed by atoms with Gasteiger partial charge in [-0.3, -0.25) is 4.79 Å². The molecule has 1 N–H and O–H groups in total. The molecule has 0 bridgehead atoms. The molecule has 3 aromatic rings. The number of H-pyrrole nitrogens is 1. The standard InChI is InChI=1S/C15H11N3OS/c19-14-12-8-4-5-9-13(12)17-15(20)18(14)16-10-11-6-2-1-3-7-11/h1-10H,(H,17,20)/b16-10-. The average molecular weight is 281 g/mol. The monoisotopic (exact) mass is 281 g/mol. The molecule has 3 rings (SSSR count). The molecule has 1 heterocycles. The van der Waals surface area contributed by atoms with Gasteiger partial charge < -0.3 is 4.98 Å². The first-order valence-electron chi connectivity index (χ1n) is 6.09. The Morgan fingerprint density at radius 3 is 2.55 bits per heavy atom. The minimum atomic E-state index is -0.225. The summed E-state index contributed by atoms with van der Waals surface area (Å²) in [4.78, 5) is 15.3. The van der Waals surface area contributed by atoms with Crippen molar-refractivity contribution in [2.45, 2.75) is 0 Å². The third-order valence-corrected chi connectivity index (χ3v) is 3.18. The molecular weight excluding hydrogens is 270 g/mol. The lowest BCUT2D eigenvalue weighted by Crippen LogP contribution is -2.18. The molecule has 0 atom stereocenters. The minimum absolute atomic E-state index is 0.225. The van der Waals surface area contributed by atoms with Crippen LogP contribution in [0, 0.1) is 4.77 Å². The van der Waals surface area contributed by atoms with Gasteiger partial charge in [-0.25, -0.2) is 0 Å². The summed E-state index contributed by atoms with van der Waals surface area (Å²) in [6, 6.07) is 16.8. The van der Waals surface area contributed by atoms with Crippen LogP contribution in [-0.4, -0.2) is 15.9 Å². The summed E-state index contributed by atoms with van der Waals surface area (Å²) in [6.45, 7) is 0. The second-order valence-corrected chi connectivity index (χ2v) is 4.63. The summed E-state index contributed by atoms with van der Waals surface area (Å²) in [6.07, 6.45) is 1.61. The Hall–Kier alpha value is -2.53. The molecule has 0 radical (unpaired) electrons. The number of para-hydroxylation sites is 1. The molecule has 98 valence electrons. The van der Waals surface area contributed by atoms with Crippen molar-refractivity contribution >= 4 is 29.3 Å². The number of fused-ring (bicyclic) bond motifs is 1. The number of rotatable bonds is 2. The molecule has 0 amide bonds. The van der Waals surface area contributed by atoms with Crippen LogP contribution in [0.15, 0.2) is 64.5 Å². The number of hydrogen-bond donors (Lipinski definition) is 1. The quantitative estimate of drug-likeness (QED) is 0.580. The van der Waals surface area contributed by atoms with E-state index in [1.54, 1.807) is 12.3 Å². The van der Waals surface area contributed by atoms with E-state index in [2.05, 4.69) is 10.1 Å². The molecular formula is C15H11N3OS. The Morgan fingerprint density at radius 1 is 1.05 bits per heavy atom. The van der Waals surface area contributed by atoms with Crippen molar-refractivity contribution < 1.29 is 0 Å². The first-order valence-corrected chi connectivity index (χ1v) is 6.50. The summed E-state index contributed by atoms with van der Waals surface area (Å²) in [5.74, 6) is 0. The second-order valence-electron chi connectivity index (χ2n) is 4.25. The van der Waals surface area contributed by atoms with E-state index >= 15 is 0 Å². The van der Waals surface area contributed by atoms with Crippen LogP contribution in [0.4, 0.5) is 0 Å². The third-order valence-electron chi connectivity index (χ3n) is 2.91. The smallest absolute Gasteiger partial charge is 0.282 e. The van der Waals surface area contributed by atoms with E-state index in [0.29, 0.717) is 10.9 Å². The van der Waals surface area contributed by atoms with Gasteiger partial charge in [0.05, 0.1) is 17.1 Å². The Bertz CT molecular complexity index is 894. The Morgan fingerprint density at radius 2 is 1.75 bits per heavy atom. The van der Waals surface area contributed by atoms with E-state index in [-0.39, 0.29) is 10.3 Å². The fourth-order valence-electron chi connectivity index (χ4n) is 1.92. The van der Waals surface area contributed by atoms with E-state index in [1.165, 1.54) is 4.68 Å². The predicted octanol–water partition coefficient (Wildman–Crippen LogP) is 2.94. The van der Waals surface area contributed by atoms with Crippen molar-refractivity contribution in [3.8, 4) is 0 Å². The van der Waals surface area contributed by atoms with Crippen LogP contribution in [0.2, 0.25) is 0 Å². The number of nitrogens with one attached hydrogen (secondary N) is 1. The van der Waals surface area contributed by atoms with Crippen molar-refractivity contribution in [2.24, 2.45) is 5.10 Å². The molecule has 0 saturated carbocycles. The van der Waals surface area contributed by atoms with Gasteiger partial charge in [0.2, 0.25) is 4.77 Å².